The maximum Gasteiger partial charge on any atom is 0.220 e. The zero-order valence-corrected chi connectivity index (χ0v) is 12.4. The Morgan fingerprint density at radius 2 is 2.35 bits per heavy atom. The van der Waals surface area contributed by atoms with E-state index >= 15 is 0 Å². The van der Waals surface area contributed by atoms with E-state index < -0.39 is 0 Å². The minimum atomic E-state index is 0.126. The molecule has 96 valence electrons. The fourth-order valence-electron chi connectivity index (χ4n) is 1.37. The first kappa shape index (κ1) is 14.7. The van der Waals surface area contributed by atoms with Crippen molar-refractivity contribution < 1.29 is 4.79 Å². The van der Waals surface area contributed by atoms with E-state index in [4.69, 9.17) is 5.73 Å². The summed E-state index contributed by atoms with van der Waals surface area (Å²) in [7, 11) is 0. The molecule has 0 fully saturated rings. The van der Waals surface area contributed by atoms with Crippen molar-refractivity contribution in [2.75, 3.05) is 13.1 Å². The van der Waals surface area contributed by atoms with Crippen molar-refractivity contribution in [1.29, 1.82) is 0 Å². The van der Waals surface area contributed by atoms with Crippen molar-refractivity contribution in [2.45, 2.75) is 26.2 Å². The van der Waals surface area contributed by atoms with Crippen LogP contribution in [0.2, 0.25) is 0 Å². The van der Waals surface area contributed by atoms with Crippen molar-refractivity contribution in [1.82, 2.24) is 5.32 Å². The van der Waals surface area contributed by atoms with Gasteiger partial charge in [0.15, 0.2) is 0 Å². The molecule has 3 N–H and O–H groups in total. The van der Waals surface area contributed by atoms with Gasteiger partial charge in [-0.2, -0.15) is 0 Å². The molecule has 1 amide bonds. The number of hydrogen-bond acceptors (Lipinski definition) is 3. The molecule has 0 spiro atoms. The average molecular weight is 319 g/mol. The lowest BCUT2D eigenvalue weighted by molar-refractivity contribution is -0.121. The van der Waals surface area contributed by atoms with E-state index in [0.717, 1.165) is 16.6 Å². The third-order valence-electron chi connectivity index (χ3n) is 2.51. The van der Waals surface area contributed by atoms with E-state index in [1.807, 2.05) is 13.0 Å². The number of hydrogen-bond donors (Lipinski definition) is 2. The van der Waals surface area contributed by atoms with Crippen LogP contribution in [-0.2, 0) is 11.2 Å². The molecule has 1 aromatic rings. The molecule has 0 aromatic carbocycles. The molecule has 0 aliphatic carbocycles. The number of aryl methyl sites for hydroxylation is 1. The van der Waals surface area contributed by atoms with Gasteiger partial charge in [-0.25, -0.2) is 0 Å². The molecule has 1 rings (SSSR count). The van der Waals surface area contributed by atoms with Crippen molar-refractivity contribution in [2.24, 2.45) is 11.7 Å². The van der Waals surface area contributed by atoms with Gasteiger partial charge in [0, 0.05) is 17.8 Å². The highest BCUT2D eigenvalue weighted by molar-refractivity contribution is 9.11. The van der Waals surface area contributed by atoms with Gasteiger partial charge in [-0.15, -0.1) is 11.3 Å². The van der Waals surface area contributed by atoms with Gasteiger partial charge in [0.2, 0.25) is 5.91 Å². The molecular weight excluding hydrogens is 300 g/mol. The highest BCUT2D eigenvalue weighted by atomic mass is 79.9. The van der Waals surface area contributed by atoms with E-state index in [1.165, 1.54) is 4.88 Å². The van der Waals surface area contributed by atoms with Gasteiger partial charge in [0.1, 0.15) is 0 Å². The van der Waals surface area contributed by atoms with Crippen LogP contribution < -0.4 is 11.1 Å². The molecule has 0 saturated carbocycles. The molecule has 5 heteroatoms. The second kappa shape index (κ2) is 7.84. The van der Waals surface area contributed by atoms with Gasteiger partial charge in [0.05, 0.1) is 3.79 Å². The Morgan fingerprint density at radius 1 is 1.59 bits per heavy atom. The molecule has 3 nitrogen and oxygen atoms in total. The Labute approximate surface area is 115 Å². The van der Waals surface area contributed by atoms with Crippen LogP contribution in [0.4, 0.5) is 0 Å². The van der Waals surface area contributed by atoms with Gasteiger partial charge >= 0.3 is 0 Å². The second-order valence-electron chi connectivity index (χ2n) is 4.20. The van der Waals surface area contributed by atoms with E-state index in [0.29, 0.717) is 25.4 Å². The van der Waals surface area contributed by atoms with Crippen LogP contribution in [0.25, 0.3) is 0 Å². The van der Waals surface area contributed by atoms with Crippen molar-refractivity contribution in [3.8, 4) is 0 Å². The third-order valence-corrected chi connectivity index (χ3v) is 4.19. The maximum atomic E-state index is 11.5. The summed E-state index contributed by atoms with van der Waals surface area (Å²) in [5.74, 6) is 0.480. The van der Waals surface area contributed by atoms with E-state index in [2.05, 4.69) is 27.3 Å². The molecule has 0 aliphatic heterocycles. The highest BCUT2D eigenvalue weighted by Gasteiger charge is 2.05. The molecule has 1 aromatic heterocycles. The molecule has 17 heavy (non-hydrogen) atoms. The summed E-state index contributed by atoms with van der Waals surface area (Å²) in [6, 6.07) is 4.14. The van der Waals surface area contributed by atoms with E-state index in [1.54, 1.807) is 11.3 Å². The maximum absolute atomic E-state index is 11.5. The van der Waals surface area contributed by atoms with Gasteiger partial charge in [-0.1, -0.05) is 6.92 Å². The van der Waals surface area contributed by atoms with Crippen LogP contribution in [0.1, 0.15) is 24.6 Å². The van der Waals surface area contributed by atoms with Crippen molar-refractivity contribution >= 4 is 33.2 Å². The quantitative estimate of drug-likeness (QED) is 0.811. The lowest BCUT2D eigenvalue weighted by atomic mass is 10.1. The van der Waals surface area contributed by atoms with Crippen LogP contribution in [0.15, 0.2) is 15.9 Å². The standard InChI is InChI=1S/C12H19BrN2OS/c1-9(7-14)8-15-12(16)4-2-3-10-5-6-11(13)17-10/h5-6,9H,2-4,7-8,14H2,1H3,(H,15,16). The Hall–Kier alpha value is -0.390. The first-order valence-corrected chi connectivity index (χ1v) is 7.43. The highest BCUT2D eigenvalue weighted by Crippen LogP contribution is 2.23. The van der Waals surface area contributed by atoms with Crippen molar-refractivity contribution in [3.63, 3.8) is 0 Å². The van der Waals surface area contributed by atoms with Crippen LogP contribution >= 0.6 is 27.3 Å². The Kier molecular flexibility index (Phi) is 6.77. The summed E-state index contributed by atoms with van der Waals surface area (Å²) >= 11 is 5.16. The number of rotatable bonds is 7. The summed E-state index contributed by atoms with van der Waals surface area (Å²) < 4.78 is 1.15. The SMILES string of the molecule is CC(CN)CNC(=O)CCCc1ccc(Br)s1. The Morgan fingerprint density at radius 3 is 2.94 bits per heavy atom. The number of carbonyl (C=O) groups is 1. The van der Waals surface area contributed by atoms with Gasteiger partial charge in [-0.05, 0) is 53.4 Å². The zero-order chi connectivity index (χ0) is 12.7. The van der Waals surface area contributed by atoms with Crippen LogP contribution in [0.5, 0.6) is 0 Å². The monoisotopic (exact) mass is 318 g/mol. The number of amides is 1. The molecular formula is C12H19BrN2OS. The van der Waals surface area contributed by atoms with E-state index in [9.17, 15) is 4.79 Å². The van der Waals surface area contributed by atoms with Gasteiger partial charge < -0.3 is 11.1 Å². The van der Waals surface area contributed by atoms with Crippen LogP contribution in [-0.4, -0.2) is 19.0 Å². The average Bonchev–Trinajstić information content (AvgIpc) is 2.72. The molecule has 0 saturated heterocycles. The van der Waals surface area contributed by atoms with Gasteiger partial charge in [-0.3, -0.25) is 4.79 Å². The number of carbonyl (C=O) groups excluding carboxylic acids is 1. The molecule has 0 radical (unpaired) electrons. The first-order valence-electron chi connectivity index (χ1n) is 5.82. The predicted molar refractivity (Wildman–Crippen MR) is 76.2 cm³/mol. The number of nitrogens with one attached hydrogen (secondary N) is 1. The second-order valence-corrected chi connectivity index (χ2v) is 6.75. The number of nitrogens with two attached hydrogens (primary N) is 1. The lowest BCUT2D eigenvalue weighted by Gasteiger charge is -2.09. The van der Waals surface area contributed by atoms with Crippen molar-refractivity contribution in [3.05, 3.63) is 20.8 Å². The summed E-state index contributed by atoms with van der Waals surface area (Å²) in [6.07, 6.45) is 2.46. The summed E-state index contributed by atoms with van der Waals surface area (Å²) in [5, 5.41) is 2.90. The van der Waals surface area contributed by atoms with Gasteiger partial charge in [0.25, 0.3) is 0 Å². The molecule has 1 unspecified atom stereocenters. The zero-order valence-electron chi connectivity index (χ0n) is 10.0. The number of thiophene rings is 1. The minimum absolute atomic E-state index is 0.126. The number of halogens is 1. The minimum Gasteiger partial charge on any atom is -0.356 e. The first-order chi connectivity index (χ1) is 8.11. The Bertz CT molecular complexity index is 354. The predicted octanol–water partition coefficient (Wildman–Crippen LogP) is 2.54. The van der Waals surface area contributed by atoms with E-state index in [-0.39, 0.29) is 5.91 Å². The topological polar surface area (TPSA) is 55.1 Å². The normalized spacial score (nSPS) is 12.4. The molecule has 1 heterocycles. The summed E-state index contributed by atoms with van der Waals surface area (Å²) in [4.78, 5) is 12.8. The van der Waals surface area contributed by atoms with Crippen LogP contribution in [0, 0.1) is 5.92 Å². The molecule has 1 atom stereocenters. The smallest absolute Gasteiger partial charge is 0.220 e. The largest absolute Gasteiger partial charge is 0.356 e. The molecule has 0 bridgehead atoms. The third kappa shape index (κ3) is 6.19. The summed E-state index contributed by atoms with van der Waals surface area (Å²) in [5.41, 5.74) is 5.48. The Balaban J connectivity index is 2.12. The fraction of sp³-hybridized carbons (Fsp3) is 0.583. The van der Waals surface area contributed by atoms with Crippen LogP contribution in [0.3, 0.4) is 0 Å². The fourth-order valence-corrected chi connectivity index (χ4v) is 2.89. The summed E-state index contributed by atoms with van der Waals surface area (Å²) in [6.45, 7) is 3.33. The lowest BCUT2D eigenvalue weighted by Crippen LogP contribution is -2.31. The molecule has 0 aliphatic rings.